The van der Waals surface area contributed by atoms with E-state index in [0.29, 0.717) is 6.04 Å². The standard InChI is InChI=1S/C15H26N2S/c1-4-5-12-6-8-13(9-7-12)15-17-10-14(18-15)11(2)16-3/h10-13,16H,4-9H2,1-3H3. The monoisotopic (exact) mass is 266 g/mol. The van der Waals surface area contributed by atoms with Crippen molar-refractivity contribution in [3.63, 3.8) is 0 Å². The molecule has 3 heteroatoms. The summed E-state index contributed by atoms with van der Waals surface area (Å²) in [6.07, 6.45) is 10.4. The Kier molecular flexibility index (Phi) is 5.19. The third-order valence-corrected chi connectivity index (χ3v) is 5.64. The summed E-state index contributed by atoms with van der Waals surface area (Å²) in [6.45, 7) is 4.51. The first kappa shape index (κ1) is 14.0. The van der Waals surface area contributed by atoms with E-state index >= 15 is 0 Å². The van der Waals surface area contributed by atoms with E-state index in [-0.39, 0.29) is 0 Å². The Morgan fingerprint density at radius 1 is 1.39 bits per heavy atom. The van der Waals surface area contributed by atoms with Gasteiger partial charge in [0.15, 0.2) is 0 Å². The molecule has 0 spiro atoms. The van der Waals surface area contributed by atoms with Gasteiger partial charge in [0.1, 0.15) is 0 Å². The van der Waals surface area contributed by atoms with Crippen LogP contribution in [0.2, 0.25) is 0 Å². The zero-order valence-corrected chi connectivity index (χ0v) is 12.7. The van der Waals surface area contributed by atoms with Crippen LogP contribution in [-0.4, -0.2) is 12.0 Å². The lowest BCUT2D eigenvalue weighted by Gasteiger charge is -2.27. The molecule has 1 aliphatic rings. The molecule has 2 nitrogen and oxygen atoms in total. The lowest BCUT2D eigenvalue weighted by Crippen LogP contribution is -2.13. The maximum absolute atomic E-state index is 4.66. The highest BCUT2D eigenvalue weighted by atomic mass is 32.1. The minimum Gasteiger partial charge on any atom is -0.312 e. The molecule has 0 aromatic carbocycles. The van der Waals surface area contributed by atoms with Crippen LogP contribution in [0.3, 0.4) is 0 Å². The van der Waals surface area contributed by atoms with Crippen LogP contribution in [0, 0.1) is 5.92 Å². The Hall–Kier alpha value is -0.410. The lowest BCUT2D eigenvalue weighted by molar-refractivity contribution is 0.308. The normalized spacial score (nSPS) is 26.2. The topological polar surface area (TPSA) is 24.9 Å². The Bertz CT molecular complexity index is 353. The van der Waals surface area contributed by atoms with Crippen LogP contribution in [0.4, 0.5) is 0 Å². The Balaban J connectivity index is 1.91. The molecule has 1 N–H and O–H groups in total. The van der Waals surface area contributed by atoms with Crippen molar-refractivity contribution in [1.82, 2.24) is 10.3 Å². The van der Waals surface area contributed by atoms with E-state index in [4.69, 9.17) is 0 Å². The molecule has 1 atom stereocenters. The fourth-order valence-electron chi connectivity index (χ4n) is 2.94. The maximum Gasteiger partial charge on any atom is 0.0959 e. The van der Waals surface area contributed by atoms with Gasteiger partial charge in [-0.2, -0.15) is 0 Å². The summed E-state index contributed by atoms with van der Waals surface area (Å²) < 4.78 is 0. The molecular formula is C15H26N2S. The third-order valence-electron chi connectivity index (χ3n) is 4.29. The van der Waals surface area contributed by atoms with Crippen LogP contribution in [0.5, 0.6) is 0 Å². The van der Waals surface area contributed by atoms with E-state index < -0.39 is 0 Å². The number of nitrogens with one attached hydrogen (secondary N) is 1. The van der Waals surface area contributed by atoms with Crippen LogP contribution in [0.1, 0.15) is 74.2 Å². The minimum absolute atomic E-state index is 0.438. The average molecular weight is 266 g/mol. The smallest absolute Gasteiger partial charge is 0.0959 e. The summed E-state index contributed by atoms with van der Waals surface area (Å²) in [4.78, 5) is 6.04. The molecule has 18 heavy (non-hydrogen) atoms. The second kappa shape index (κ2) is 6.67. The number of hydrogen-bond donors (Lipinski definition) is 1. The quantitative estimate of drug-likeness (QED) is 0.849. The summed E-state index contributed by atoms with van der Waals surface area (Å²) in [5, 5.41) is 4.67. The summed E-state index contributed by atoms with van der Waals surface area (Å²) in [5.74, 6) is 1.72. The lowest BCUT2D eigenvalue weighted by atomic mass is 9.80. The van der Waals surface area contributed by atoms with Crippen molar-refractivity contribution in [3.8, 4) is 0 Å². The number of thiazole rings is 1. The van der Waals surface area contributed by atoms with E-state index in [2.05, 4.69) is 30.3 Å². The van der Waals surface area contributed by atoms with Crippen molar-refractivity contribution in [1.29, 1.82) is 0 Å². The minimum atomic E-state index is 0.438. The number of rotatable bonds is 5. The molecular weight excluding hydrogens is 240 g/mol. The molecule has 2 rings (SSSR count). The van der Waals surface area contributed by atoms with Gasteiger partial charge < -0.3 is 5.32 Å². The van der Waals surface area contributed by atoms with Gasteiger partial charge in [-0.1, -0.05) is 19.8 Å². The molecule has 1 saturated carbocycles. The van der Waals surface area contributed by atoms with Gasteiger partial charge in [-0.3, -0.25) is 0 Å². The highest BCUT2D eigenvalue weighted by Gasteiger charge is 2.24. The predicted octanol–water partition coefficient (Wildman–Crippen LogP) is 4.50. The fraction of sp³-hybridized carbons (Fsp3) is 0.800. The molecule has 0 bridgehead atoms. The fourth-order valence-corrected chi connectivity index (χ4v) is 4.09. The molecule has 0 radical (unpaired) electrons. The van der Waals surface area contributed by atoms with Crippen molar-refractivity contribution in [2.75, 3.05) is 7.05 Å². The SMILES string of the molecule is CCCC1CCC(c2ncc(C(C)NC)s2)CC1. The molecule has 102 valence electrons. The molecule has 1 aromatic rings. The number of nitrogens with zero attached hydrogens (tertiary/aromatic N) is 1. The third kappa shape index (κ3) is 3.33. The van der Waals surface area contributed by atoms with E-state index in [0.717, 1.165) is 11.8 Å². The van der Waals surface area contributed by atoms with Crippen LogP contribution in [-0.2, 0) is 0 Å². The second-order valence-corrected chi connectivity index (χ2v) is 6.71. The van der Waals surface area contributed by atoms with Crippen molar-refractivity contribution in [2.24, 2.45) is 5.92 Å². The van der Waals surface area contributed by atoms with E-state index in [1.165, 1.54) is 48.4 Å². The Labute approximate surface area is 115 Å². The molecule has 0 aliphatic heterocycles. The van der Waals surface area contributed by atoms with Crippen molar-refractivity contribution in [2.45, 2.75) is 64.3 Å². The van der Waals surface area contributed by atoms with E-state index in [1.807, 2.05) is 18.4 Å². The molecule has 1 aliphatic carbocycles. The zero-order valence-electron chi connectivity index (χ0n) is 11.9. The van der Waals surface area contributed by atoms with Gasteiger partial charge in [-0.25, -0.2) is 4.98 Å². The van der Waals surface area contributed by atoms with Gasteiger partial charge in [0.25, 0.3) is 0 Å². The predicted molar refractivity (Wildman–Crippen MR) is 79.2 cm³/mol. The summed E-state index contributed by atoms with van der Waals surface area (Å²) >= 11 is 1.91. The zero-order chi connectivity index (χ0) is 13.0. The van der Waals surface area contributed by atoms with Crippen LogP contribution in [0.15, 0.2) is 6.20 Å². The van der Waals surface area contributed by atoms with Crippen molar-refractivity contribution < 1.29 is 0 Å². The summed E-state index contributed by atoms with van der Waals surface area (Å²) in [7, 11) is 2.01. The maximum atomic E-state index is 4.66. The highest BCUT2D eigenvalue weighted by molar-refractivity contribution is 7.11. The van der Waals surface area contributed by atoms with Gasteiger partial charge >= 0.3 is 0 Å². The Morgan fingerprint density at radius 3 is 2.72 bits per heavy atom. The molecule has 1 unspecified atom stereocenters. The largest absolute Gasteiger partial charge is 0.312 e. The molecule has 1 aromatic heterocycles. The van der Waals surface area contributed by atoms with Gasteiger partial charge in [-0.15, -0.1) is 11.3 Å². The summed E-state index contributed by atoms with van der Waals surface area (Å²) in [6, 6.07) is 0.438. The van der Waals surface area contributed by atoms with Gasteiger partial charge in [0.05, 0.1) is 5.01 Å². The molecule has 0 amide bonds. The summed E-state index contributed by atoms with van der Waals surface area (Å²) in [5.41, 5.74) is 0. The van der Waals surface area contributed by atoms with Crippen LogP contribution in [0.25, 0.3) is 0 Å². The first-order valence-corrected chi connectivity index (χ1v) is 8.19. The van der Waals surface area contributed by atoms with Crippen molar-refractivity contribution in [3.05, 3.63) is 16.1 Å². The van der Waals surface area contributed by atoms with Crippen LogP contribution < -0.4 is 5.32 Å². The first-order valence-electron chi connectivity index (χ1n) is 7.37. The van der Waals surface area contributed by atoms with Gasteiger partial charge in [0, 0.05) is 23.0 Å². The number of aromatic nitrogens is 1. The number of hydrogen-bond acceptors (Lipinski definition) is 3. The van der Waals surface area contributed by atoms with E-state index in [1.54, 1.807) is 0 Å². The molecule has 0 saturated heterocycles. The first-order chi connectivity index (χ1) is 8.74. The molecule has 1 fully saturated rings. The van der Waals surface area contributed by atoms with Gasteiger partial charge in [-0.05, 0) is 45.6 Å². The average Bonchev–Trinajstić information content (AvgIpc) is 2.89. The van der Waals surface area contributed by atoms with Crippen molar-refractivity contribution >= 4 is 11.3 Å². The second-order valence-electron chi connectivity index (χ2n) is 5.62. The Morgan fingerprint density at radius 2 is 2.11 bits per heavy atom. The van der Waals surface area contributed by atoms with Gasteiger partial charge in [0.2, 0.25) is 0 Å². The van der Waals surface area contributed by atoms with Crippen LogP contribution >= 0.6 is 11.3 Å². The van der Waals surface area contributed by atoms with E-state index in [9.17, 15) is 0 Å². The highest BCUT2D eigenvalue weighted by Crippen LogP contribution is 2.39. The molecule has 1 heterocycles.